The van der Waals surface area contributed by atoms with Crippen LogP contribution in [0.2, 0.25) is 0 Å². The van der Waals surface area contributed by atoms with Gasteiger partial charge in [-0.2, -0.15) is 0 Å². The molecule has 0 fully saturated rings. The Kier molecular flexibility index (Phi) is 3.45. The molecule has 0 saturated carbocycles. The summed E-state index contributed by atoms with van der Waals surface area (Å²) in [6.07, 6.45) is 3.26. The topological polar surface area (TPSA) is 55.6 Å². The van der Waals surface area contributed by atoms with Crippen LogP contribution in [0.5, 0.6) is 5.75 Å². The van der Waals surface area contributed by atoms with Crippen LogP contribution in [0.15, 0.2) is 36.4 Å². The Bertz CT molecular complexity index is 770. The Morgan fingerprint density at radius 2 is 2.13 bits per heavy atom. The van der Waals surface area contributed by atoms with E-state index in [2.05, 4.69) is 6.07 Å². The zero-order chi connectivity index (χ0) is 15.8. The molecule has 2 heterocycles. The SMILES string of the molecule is Nc1cccc2c1CCCN2C(=O)Cc1ccc2c(c1)CCO2. The van der Waals surface area contributed by atoms with Gasteiger partial charge < -0.3 is 15.4 Å². The van der Waals surface area contributed by atoms with E-state index in [9.17, 15) is 4.79 Å². The van der Waals surface area contributed by atoms with Crippen LogP contribution in [0.3, 0.4) is 0 Å². The fourth-order valence-corrected chi connectivity index (χ4v) is 3.53. The number of nitrogen functional groups attached to an aromatic ring is 1. The molecule has 0 bridgehead atoms. The second kappa shape index (κ2) is 5.61. The van der Waals surface area contributed by atoms with E-state index in [4.69, 9.17) is 10.5 Å². The third-order valence-electron chi connectivity index (χ3n) is 4.70. The van der Waals surface area contributed by atoms with Crippen LogP contribution in [-0.2, 0) is 24.1 Å². The number of rotatable bonds is 2. The first-order valence-corrected chi connectivity index (χ1v) is 8.15. The highest BCUT2D eigenvalue weighted by molar-refractivity contribution is 5.96. The summed E-state index contributed by atoms with van der Waals surface area (Å²) >= 11 is 0. The van der Waals surface area contributed by atoms with Crippen molar-refractivity contribution >= 4 is 17.3 Å². The van der Waals surface area contributed by atoms with Gasteiger partial charge in [-0.15, -0.1) is 0 Å². The summed E-state index contributed by atoms with van der Waals surface area (Å²) in [5, 5.41) is 0. The first-order valence-electron chi connectivity index (χ1n) is 8.15. The Morgan fingerprint density at radius 1 is 1.22 bits per heavy atom. The van der Waals surface area contributed by atoms with Crippen molar-refractivity contribution in [2.24, 2.45) is 0 Å². The lowest BCUT2D eigenvalue weighted by Gasteiger charge is -2.30. The average Bonchev–Trinajstić information content (AvgIpc) is 3.02. The number of hydrogen-bond acceptors (Lipinski definition) is 3. The molecule has 4 rings (SSSR count). The quantitative estimate of drug-likeness (QED) is 0.868. The molecule has 0 spiro atoms. The lowest BCUT2D eigenvalue weighted by Crippen LogP contribution is -2.36. The van der Waals surface area contributed by atoms with E-state index in [1.54, 1.807) is 0 Å². The lowest BCUT2D eigenvalue weighted by molar-refractivity contribution is -0.118. The van der Waals surface area contributed by atoms with Crippen molar-refractivity contribution < 1.29 is 9.53 Å². The molecule has 2 aromatic rings. The summed E-state index contributed by atoms with van der Waals surface area (Å²) in [6.45, 7) is 1.51. The number of anilines is 2. The van der Waals surface area contributed by atoms with Crippen molar-refractivity contribution in [1.82, 2.24) is 0 Å². The van der Waals surface area contributed by atoms with Crippen LogP contribution in [0.25, 0.3) is 0 Å². The number of benzene rings is 2. The van der Waals surface area contributed by atoms with Crippen LogP contribution in [0.4, 0.5) is 11.4 Å². The molecular weight excluding hydrogens is 288 g/mol. The third-order valence-corrected chi connectivity index (χ3v) is 4.70. The maximum Gasteiger partial charge on any atom is 0.231 e. The highest BCUT2D eigenvalue weighted by atomic mass is 16.5. The van der Waals surface area contributed by atoms with Gasteiger partial charge in [0.2, 0.25) is 5.91 Å². The van der Waals surface area contributed by atoms with Gasteiger partial charge >= 0.3 is 0 Å². The second-order valence-corrected chi connectivity index (χ2v) is 6.21. The second-order valence-electron chi connectivity index (χ2n) is 6.21. The van der Waals surface area contributed by atoms with Gasteiger partial charge in [-0.1, -0.05) is 18.2 Å². The van der Waals surface area contributed by atoms with E-state index in [1.807, 2.05) is 35.2 Å². The summed E-state index contributed by atoms with van der Waals surface area (Å²) in [5.74, 6) is 1.09. The lowest BCUT2D eigenvalue weighted by atomic mass is 9.98. The van der Waals surface area contributed by atoms with Crippen LogP contribution in [0.1, 0.15) is 23.1 Å². The van der Waals surface area contributed by atoms with Crippen molar-refractivity contribution in [3.05, 3.63) is 53.1 Å². The molecule has 0 unspecified atom stereocenters. The van der Waals surface area contributed by atoms with Gasteiger partial charge in [0.25, 0.3) is 0 Å². The zero-order valence-electron chi connectivity index (χ0n) is 13.0. The van der Waals surface area contributed by atoms with Gasteiger partial charge in [0.15, 0.2) is 0 Å². The van der Waals surface area contributed by atoms with E-state index in [-0.39, 0.29) is 5.91 Å². The maximum absolute atomic E-state index is 12.8. The molecule has 2 aliphatic heterocycles. The summed E-state index contributed by atoms with van der Waals surface area (Å²) < 4.78 is 5.53. The van der Waals surface area contributed by atoms with E-state index in [0.717, 1.165) is 60.7 Å². The highest BCUT2D eigenvalue weighted by Crippen LogP contribution is 2.32. The van der Waals surface area contributed by atoms with Gasteiger partial charge in [-0.25, -0.2) is 0 Å². The number of carbonyl (C=O) groups excluding carboxylic acids is 1. The van der Waals surface area contributed by atoms with E-state index in [1.165, 1.54) is 5.56 Å². The van der Waals surface area contributed by atoms with Gasteiger partial charge in [-0.05, 0) is 47.7 Å². The number of carbonyl (C=O) groups is 1. The van der Waals surface area contributed by atoms with E-state index >= 15 is 0 Å². The molecule has 0 aliphatic carbocycles. The van der Waals surface area contributed by atoms with Crippen molar-refractivity contribution in [2.45, 2.75) is 25.7 Å². The molecule has 0 saturated heterocycles. The molecule has 23 heavy (non-hydrogen) atoms. The molecule has 4 heteroatoms. The normalized spacial score (nSPS) is 15.7. The molecule has 0 atom stereocenters. The van der Waals surface area contributed by atoms with Crippen molar-refractivity contribution in [1.29, 1.82) is 0 Å². The number of nitrogens with zero attached hydrogens (tertiary/aromatic N) is 1. The van der Waals surface area contributed by atoms with Gasteiger partial charge in [0.05, 0.1) is 13.0 Å². The number of ether oxygens (including phenoxy) is 1. The summed E-state index contributed by atoms with van der Waals surface area (Å²) in [7, 11) is 0. The Balaban J connectivity index is 1.58. The standard InChI is InChI=1S/C19H20N2O2/c20-16-4-1-5-17-15(16)3-2-9-21(17)19(22)12-13-6-7-18-14(11-13)8-10-23-18/h1,4-7,11H,2-3,8-10,12,20H2. The minimum Gasteiger partial charge on any atom is -0.493 e. The molecular formula is C19H20N2O2. The van der Waals surface area contributed by atoms with Crippen LogP contribution in [0, 0.1) is 0 Å². The van der Waals surface area contributed by atoms with Crippen LogP contribution < -0.4 is 15.4 Å². The molecule has 0 radical (unpaired) electrons. The molecule has 2 N–H and O–H groups in total. The average molecular weight is 308 g/mol. The van der Waals surface area contributed by atoms with E-state index < -0.39 is 0 Å². The van der Waals surface area contributed by atoms with Crippen molar-refractivity contribution in [3.8, 4) is 5.75 Å². The van der Waals surface area contributed by atoms with Crippen molar-refractivity contribution in [2.75, 3.05) is 23.8 Å². The van der Waals surface area contributed by atoms with Gasteiger partial charge in [-0.3, -0.25) is 4.79 Å². The van der Waals surface area contributed by atoms with Gasteiger partial charge in [0.1, 0.15) is 5.75 Å². The van der Waals surface area contributed by atoms with Gasteiger partial charge in [0, 0.05) is 24.3 Å². The Hall–Kier alpha value is -2.49. The van der Waals surface area contributed by atoms with Crippen molar-refractivity contribution in [3.63, 3.8) is 0 Å². The summed E-state index contributed by atoms with van der Waals surface area (Å²) in [5.41, 5.74) is 11.2. The number of amides is 1. The van der Waals surface area contributed by atoms with Crippen LogP contribution >= 0.6 is 0 Å². The minimum absolute atomic E-state index is 0.135. The zero-order valence-corrected chi connectivity index (χ0v) is 13.0. The predicted octanol–water partition coefficient (Wildman–Crippen LogP) is 2.73. The minimum atomic E-state index is 0.135. The van der Waals surface area contributed by atoms with E-state index in [0.29, 0.717) is 6.42 Å². The smallest absolute Gasteiger partial charge is 0.231 e. The van der Waals surface area contributed by atoms with Crippen LogP contribution in [-0.4, -0.2) is 19.1 Å². The molecule has 118 valence electrons. The fraction of sp³-hybridized carbons (Fsp3) is 0.316. The maximum atomic E-state index is 12.8. The largest absolute Gasteiger partial charge is 0.493 e. The first kappa shape index (κ1) is 14.1. The first-order chi connectivity index (χ1) is 11.2. The molecule has 2 aliphatic rings. The molecule has 2 aromatic carbocycles. The third kappa shape index (κ3) is 2.54. The Labute approximate surface area is 135 Å². The monoisotopic (exact) mass is 308 g/mol. The number of hydrogen-bond donors (Lipinski definition) is 1. The molecule has 1 amide bonds. The number of fused-ring (bicyclic) bond motifs is 2. The summed E-state index contributed by atoms with van der Waals surface area (Å²) in [4.78, 5) is 14.7. The molecule has 4 nitrogen and oxygen atoms in total. The molecule has 0 aromatic heterocycles. The highest BCUT2D eigenvalue weighted by Gasteiger charge is 2.24. The summed E-state index contributed by atoms with van der Waals surface area (Å²) in [6, 6.07) is 11.9. The number of nitrogens with two attached hydrogens (primary N) is 1. The fourth-order valence-electron chi connectivity index (χ4n) is 3.53. The predicted molar refractivity (Wildman–Crippen MR) is 90.9 cm³/mol. The Morgan fingerprint density at radius 3 is 3.04 bits per heavy atom.